The number of thioether (sulfide) groups is 1. The molecule has 0 radical (unpaired) electrons. The molecule has 0 aromatic carbocycles. The minimum absolute atomic E-state index is 0. The molecule has 7 heteroatoms. The predicted octanol–water partition coefficient (Wildman–Crippen LogP) is 2.12. The second-order valence-corrected chi connectivity index (χ2v) is 7.46. The van der Waals surface area contributed by atoms with Crippen LogP contribution in [-0.4, -0.2) is 72.9 Å². The third kappa shape index (κ3) is 7.89. The summed E-state index contributed by atoms with van der Waals surface area (Å²) in [5.41, 5.74) is 0. The number of guanidine groups is 1. The average molecular weight is 442 g/mol. The monoisotopic (exact) mass is 442 g/mol. The summed E-state index contributed by atoms with van der Waals surface area (Å²) in [7, 11) is 3.54. The standard InChI is InChI=1S/C15H30N4OS.HI/c1-6-13-11-19(7-8-21-13)15(16-9-12(2)3)17-10-14(20)18(4)5;/h12-13H,6-11H2,1-5H3,(H,16,17);1H. The third-order valence-corrected chi connectivity index (χ3v) is 4.80. The van der Waals surface area contributed by atoms with Crippen LogP contribution in [0.4, 0.5) is 0 Å². The van der Waals surface area contributed by atoms with Crippen molar-refractivity contribution >= 4 is 47.6 Å². The SMILES string of the molecule is CCC1CN(C(=NCC(=O)N(C)C)NCC(C)C)CCS1.I. The summed E-state index contributed by atoms with van der Waals surface area (Å²) in [6.45, 7) is 9.70. The van der Waals surface area contributed by atoms with Gasteiger partial charge in [0, 0.05) is 44.7 Å². The number of nitrogens with zero attached hydrogens (tertiary/aromatic N) is 3. The van der Waals surface area contributed by atoms with Gasteiger partial charge in [-0.3, -0.25) is 4.79 Å². The number of nitrogens with one attached hydrogen (secondary N) is 1. The van der Waals surface area contributed by atoms with Gasteiger partial charge in [-0.15, -0.1) is 24.0 Å². The summed E-state index contributed by atoms with van der Waals surface area (Å²) < 4.78 is 0. The molecule has 0 bridgehead atoms. The van der Waals surface area contributed by atoms with Crippen molar-refractivity contribution in [3.63, 3.8) is 0 Å². The number of carbonyl (C=O) groups excluding carboxylic acids is 1. The van der Waals surface area contributed by atoms with Gasteiger partial charge in [-0.05, 0) is 12.3 Å². The molecular formula is C15H31IN4OS. The Labute approximate surface area is 156 Å². The Bertz CT molecular complexity index is 363. The van der Waals surface area contributed by atoms with E-state index in [0.29, 0.717) is 11.2 Å². The largest absolute Gasteiger partial charge is 0.356 e. The molecule has 1 rings (SSSR count). The van der Waals surface area contributed by atoms with Crippen LogP contribution in [-0.2, 0) is 4.79 Å². The zero-order chi connectivity index (χ0) is 15.8. The van der Waals surface area contributed by atoms with Crippen molar-refractivity contribution in [3.8, 4) is 0 Å². The number of carbonyl (C=O) groups is 1. The Morgan fingerprint density at radius 2 is 2.14 bits per heavy atom. The molecule has 1 aliphatic heterocycles. The molecule has 1 N–H and O–H groups in total. The summed E-state index contributed by atoms with van der Waals surface area (Å²) in [6, 6.07) is 0. The fourth-order valence-electron chi connectivity index (χ4n) is 2.01. The van der Waals surface area contributed by atoms with E-state index in [0.717, 1.165) is 31.3 Å². The molecule has 0 aromatic heterocycles. The van der Waals surface area contributed by atoms with E-state index >= 15 is 0 Å². The van der Waals surface area contributed by atoms with Gasteiger partial charge in [0.15, 0.2) is 5.96 Å². The summed E-state index contributed by atoms with van der Waals surface area (Å²) in [5, 5.41) is 4.09. The van der Waals surface area contributed by atoms with Gasteiger partial charge >= 0.3 is 0 Å². The zero-order valence-corrected chi connectivity index (χ0v) is 17.6. The summed E-state index contributed by atoms with van der Waals surface area (Å²) in [6.07, 6.45) is 1.18. The maximum atomic E-state index is 11.8. The first-order chi connectivity index (χ1) is 9.93. The van der Waals surface area contributed by atoms with E-state index in [1.807, 2.05) is 11.8 Å². The Hall–Kier alpha value is -0.180. The molecule has 130 valence electrons. The number of hydrogen-bond acceptors (Lipinski definition) is 3. The first-order valence-corrected chi connectivity index (χ1v) is 8.83. The Morgan fingerprint density at radius 3 is 2.68 bits per heavy atom. The fraction of sp³-hybridized carbons (Fsp3) is 0.867. The van der Waals surface area contributed by atoms with E-state index in [4.69, 9.17) is 0 Å². The molecule has 1 atom stereocenters. The van der Waals surface area contributed by atoms with Gasteiger partial charge in [-0.2, -0.15) is 11.8 Å². The minimum Gasteiger partial charge on any atom is -0.356 e. The number of halogens is 1. The highest BCUT2D eigenvalue weighted by Gasteiger charge is 2.22. The first kappa shape index (κ1) is 21.8. The Kier molecular flexibility index (Phi) is 11.3. The minimum atomic E-state index is 0. The molecule has 0 aromatic rings. The number of aliphatic imine (C=N–C) groups is 1. The Balaban J connectivity index is 0.00000441. The highest BCUT2D eigenvalue weighted by atomic mass is 127. The van der Waals surface area contributed by atoms with Crippen molar-refractivity contribution in [3.05, 3.63) is 0 Å². The van der Waals surface area contributed by atoms with Crippen molar-refractivity contribution in [2.75, 3.05) is 46.0 Å². The molecule has 0 aliphatic carbocycles. The molecule has 0 spiro atoms. The lowest BCUT2D eigenvalue weighted by Gasteiger charge is -2.34. The normalized spacial score (nSPS) is 18.9. The molecule has 1 heterocycles. The average Bonchev–Trinajstić information content (AvgIpc) is 2.46. The topological polar surface area (TPSA) is 47.9 Å². The molecule has 22 heavy (non-hydrogen) atoms. The van der Waals surface area contributed by atoms with Crippen LogP contribution in [0.3, 0.4) is 0 Å². The van der Waals surface area contributed by atoms with E-state index in [-0.39, 0.29) is 36.4 Å². The lowest BCUT2D eigenvalue weighted by atomic mass is 10.2. The summed E-state index contributed by atoms with van der Waals surface area (Å²) >= 11 is 2.04. The van der Waals surface area contributed by atoms with Gasteiger partial charge < -0.3 is 15.1 Å². The molecular weight excluding hydrogens is 411 g/mol. The van der Waals surface area contributed by atoms with E-state index in [9.17, 15) is 4.79 Å². The van der Waals surface area contributed by atoms with Gasteiger partial charge in [-0.25, -0.2) is 4.99 Å². The highest BCUT2D eigenvalue weighted by Crippen LogP contribution is 2.21. The lowest BCUT2D eigenvalue weighted by molar-refractivity contribution is -0.127. The van der Waals surface area contributed by atoms with Gasteiger partial charge in [0.2, 0.25) is 5.91 Å². The zero-order valence-electron chi connectivity index (χ0n) is 14.5. The van der Waals surface area contributed by atoms with Gasteiger partial charge in [0.25, 0.3) is 0 Å². The van der Waals surface area contributed by atoms with E-state index in [1.54, 1.807) is 19.0 Å². The van der Waals surface area contributed by atoms with E-state index in [2.05, 4.69) is 36.0 Å². The highest BCUT2D eigenvalue weighted by molar-refractivity contribution is 14.0. The van der Waals surface area contributed by atoms with Crippen molar-refractivity contribution in [2.24, 2.45) is 10.9 Å². The van der Waals surface area contributed by atoms with Crippen LogP contribution in [0.25, 0.3) is 0 Å². The molecule has 0 saturated carbocycles. The van der Waals surface area contributed by atoms with Crippen molar-refractivity contribution < 1.29 is 4.79 Å². The van der Waals surface area contributed by atoms with E-state index in [1.165, 1.54) is 6.42 Å². The molecule has 1 fully saturated rings. The van der Waals surface area contributed by atoms with Gasteiger partial charge in [-0.1, -0.05) is 20.8 Å². The van der Waals surface area contributed by atoms with Gasteiger partial charge in [0.05, 0.1) is 0 Å². The van der Waals surface area contributed by atoms with Crippen LogP contribution in [0.15, 0.2) is 4.99 Å². The van der Waals surface area contributed by atoms with E-state index < -0.39 is 0 Å². The van der Waals surface area contributed by atoms with Crippen molar-refractivity contribution in [2.45, 2.75) is 32.4 Å². The number of likely N-dealkylation sites (N-methyl/N-ethyl adjacent to an activating group) is 1. The first-order valence-electron chi connectivity index (χ1n) is 7.79. The van der Waals surface area contributed by atoms with Crippen LogP contribution in [0, 0.1) is 5.92 Å². The number of rotatable bonds is 5. The summed E-state index contributed by atoms with van der Waals surface area (Å²) in [5.74, 6) is 2.61. The fourth-order valence-corrected chi connectivity index (χ4v) is 3.19. The maximum Gasteiger partial charge on any atom is 0.243 e. The smallest absolute Gasteiger partial charge is 0.243 e. The van der Waals surface area contributed by atoms with Crippen LogP contribution in [0.5, 0.6) is 0 Å². The number of hydrogen-bond donors (Lipinski definition) is 1. The van der Waals surface area contributed by atoms with Crippen LogP contribution < -0.4 is 5.32 Å². The quantitative estimate of drug-likeness (QED) is 0.403. The number of amides is 1. The predicted molar refractivity (Wildman–Crippen MR) is 107 cm³/mol. The van der Waals surface area contributed by atoms with Crippen molar-refractivity contribution in [1.82, 2.24) is 15.1 Å². The molecule has 5 nitrogen and oxygen atoms in total. The van der Waals surface area contributed by atoms with Crippen LogP contribution >= 0.6 is 35.7 Å². The molecule has 1 saturated heterocycles. The molecule has 1 unspecified atom stereocenters. The van der Waals surface area contributed by atoms with Gasteiger partial charge in [0.1, 0.15) is 6.54 Å². The maximum absolute atomic E-state index is 11.8. The lowest BCUT2D eigenvalue weighted by Crippen LogP contribution is -2.49. The molecule has 1 amide bonds. The summed E-state index contributed by atoms with van der Waals surface area (Å²) in [4.78, 5) is 20.2. The van der Waals surface area contributed by atoms with Crippen molar-refractivity contribution in [1.29, 1.82) is 0 Å². The van der Waals surface area contributed by atoms with Crippen LogP contribution in [0.2, 0.25) is 0 Å². The van der Waals surface area contributed by atoms with Crippen LogP contribution in [0.1, 0.15) is 27.2 Å². The second kappa shape index (κ2) is 11.4. The Morgan fingerprint density at radius 1 is 1.45 bits per heavy atom. The second-order valence-electron chi connectivity index (χ2n) is 6.05. The third-order valence-electron chi connectivity index (χ3n) is 3.42. The molecule has 1 aliphatic rings.